The molecule has 0 saturated carbocycles. The molecule has 1 saturated heterocycles. The standard InChI is InChI=1S/C12H15Br2ClN2/c13-7-10-4-2-1-3-5-17(10)12-11(15)6-9(14)8-16-12/h6,8,10H,1-5,7H2. The number of pyridine rings is 1. The quantitative estimate of drug-likeness (QED) is 0.693. The summed E-state index contributed by atoms with van der Waals surface area (Å²) >= 11 is 13.3. The van der Waals surface area contributed by atoms with E-state index in [2.05, 4.69) is 41.7 Å². The van der Waals surface area contributed by atoms with Gasteiger partial charge in [0.05, 0.1) is 5.02 Å². The maximum atomic E-state index is 6.29. The molecule has 0 N–H and O–H groups in total. The molecule has 94 valence electrons. The van der Waals surface area contributed by atoms with Crippen LogP contribution in [0.2, 0.25) is 5.02 Å². The lowest BCUT2D eigenvalue weighted by Crippen LogP contribution is -2.36. The minimum atomic E-state index is 0.503. The second-order valence-corrected chi connectivity index (χ2v) is 6.28. The van der Waals surface area contributed by atoms with Crippen molar-refractivity contribution in [2.45, 2.75) is 31.7 Å². The summed E-state index contributed by atoms with van der Waals surface area (Å²) in [5, 5.41) is 1.70. The first-order valence-corrected chi connectivity index (χ1v) is 8.15. The van der Waals surface area contributed by atoms with Gasteiger partial charge in [-0.3, -0.25) is 0 Å². The Balaban J connectivity index is 2.28. The summed E-state index contributed by atoms with van der Waals surface area (Å²) < 4.78 is 0.927. The molecule has 1 fully saturated rings. The van der Waals surface area contributed by atoms with E-state index in [1.807, 2.05) is 12.3 Å². The van der Waals surface area contributed by atoms with Crippen LogP contribution in [-0.2, 0) is 0 Å². The summed E-state index contributed by atoms with van der Waals surface area (Å²) in [6.45, 7) is 1.05. The van der Waals surface area contributed by atoms with Crippen LogP contribution in [0, 0.1) is 0 Å². The molecule has 0 radical (unpaired) electrons. The molecule has 2 heterocycles. The largest absolute Gasteiger partial charge is 0.352 e. The van der Waals surface area contributed by atoms with Gasteiger partial charge < -0.3 is 4.90 Å². The number of hydrogen-bond acceptors (Lipinski definition) is 2. The SMILES string of the molecule is Clc1cc(Br)cnc1N1CCCCCC1CBr. The normalized spacial score (nSPS) is 21.4. The third-order valence-electron chi connectivity index (χ3n) is 3.12. The van der Waals surface area contributed by atoms with E-state index in [4.69, 9.17) is 11.6 Å². The average molecular weight is 383 g/mol. The van der Waals surface area contributed by atoms with Crippen LogP contribution >= 0.6 is 43.5 Å². The Labute approximate surface area is 124 Å². The van der Waals surface area contributed by atoms with Gasteiger partial charge in [-0.05, 0) is 34.8 Å². The van der Waals surface area contributed by atoms with E-state index >= 15 is 0 Å². The highest BCUT2D eigenvalue weighted by Gasteiger charge is 2.23. The average Bonchev–Trinajstić information content (AvgIpc) is 2.54. The Bertz CT molecular complexity index is 387. The van der Waals surface area contributed by atoms with E-state index < -0.39 is 0 Å². The Morgan fingerprint density at radius 1 is 1.41 bits per heavy atom. The molecule has 0 aromatic carbocycles. The smallest absolute Gasteiger partial charge is 0.147 e. The molecule has 0 amide bonds. The van der Waals surface area contributed by atoms with Gasteiger partial charge in [0.15, 0.2) is 0 Å². The molecule has 1 atom stereocenters. The van der Waals surface area contributed by atoms with Crippen LogP contribution < -0.4 is 4.90 Å². The number of anilines is 1. The second-order valence-electron chi connectivity index (χ2n) is 4.31. The van der Waals surface area contributed by atoms with E-state index in [0.29, 0.717) is 6.04 Å². The lowest BCUT2D eigenvalue weighted by Gasteiger charge is -2.30. The first-order chi connectivity index (χ1) is 8.22. The minimum absolute atomic E-state index is 0.503. The van der Waals surface area contributed by atoms with Gasteiger partial charge in [-0.1, -0.05) is 40.4 Å². The van der Waals surface area contributed by atoms with Crippen LogP contribution in [0.4, 0.5) is 5.82 Å². The molecular formula is C12H15Br2ClN2. The van der Waals surface area contributed by atoms with Crippen molar-refractivity contribution < 1.29 is 0 Å². The summed E-state index contributed by atoms with van der Waals surface area (Å²) in [4.78, 5) is 6.81. The van der Waals surface area contributed by atoms with E-state index in [9.17, 15) is 0 Å². The van der Waals surface area contributed by atoms with Crippen LogP contribution in [0.3, 0.4) is 0 Å². The fourth-order valence-electron chi connectivity index (χ4n) is 2.24. The van der Waals surface area contributed by atoms with Crippen molar-refractivity contribution in [1.82, 2.24) is 4.98 Å². The maximum absolute atomic E-state index is 6.29. The van der Waals surface area contributed by atoms with Gasteiger partial charge >= 0.3 is 0 Å². The Morgan fingerprint density at radius 2 is 2.24 bits per heavy atom. The van der Waals surface area contributed by atoms with Gasteiger partial charge in [-0.15, -0.1) is 0 Å². The molecule has 5 heteroatoms. The molecule has 0 bridgehead atoms. The molecule has 17 heavy (non-hydrogen) atoms. The number of aromatic nitrogens is 1. The predicted molar refractivity (Wildman–Crippen MR) is 80.3 cm³/mol. The van der Waals surface area contributed by atoms with E-state index in [-0.39, 0.29) is 0 Å². The summed E-state index contributed by atoms with van der Waals surface area (Å²) in [6, 6.07) is 2.42. The van der Waals surface area contributed by atoms with E-state index in [0.717, 1.165) is 27.2 Å². The zero-order valence-electron chi connectivity index (χ0n) is 9.50. The molecule has 2 nitrogen and oxygen atoms in total. The number of hydrogen-bond donors (Lipinski definition) is 0. The van der Waals surface area contributed by atoms with Crippen molar-refractivity contribution in [3.8, 4) is 0 Å². The van der Waals surface area contributed by atoms with Gasteiger partial charge in [0.25, 0.3) is 0 Å². The van der Waals surface area contributed by atoms with E-state index in [1.165, 1.54) is 25.7 Å². The van der Waals surface area contributed by atoms with Gasteiger partial charge in [-0.2, -0.15) is 0 Å². The Morgan fingerprint density at radius 3 is 2.94 bits per heavy atom. The topological polar surface area (TPSA) is 16.1 Å². The Kier molecular flexibility index (Phi) is 5.12. The summed E-state index contributed by atoms with van der Waals surface area (Å²) in [7, 11) is 0. The van der Waals surface area contributed by atoms with Crippen LogP contribution in [0.25, 0.3) is 0 Å². The zero-order chi connectivity index (χ0) is 12.3. The highest BCUT2D eigenvalue weighted by molar-refractivity contribution is 9.10. The lowest BCUT2D eigenvalue weighted by molar-refractivity contribution is 0.621. The third-order valence-corrected chi connectivity index (χ3v) is 4.57. The number of halogens is 3. The minimum Gasteiger partial charge on any atom is -0.352 e. The number of alkyl halides is 1. The van der Waals surface area contributed by atoms with Crippen molar-refractivity contribution in [2.24, 2.45) is 0 Å². The molecular weight excluding hydrogens is 367 g/mol. The molecule has 1 aliphatic heterocycles. The van der Waals surface area contributed by atoms with Crippen molar-refractivity contribution in [1.29, 1.82) is 0 Å². The van der Waals surface area contributed by atoms with Gasteiger partial charge in [0.1, 0.15) is 5.82 Å². The monoisotopic (exact) mass is 380 g/mol. The highest BCUT2D eigenvalue weighted by Crippen LogP contribution is 2.31. The summed E-state index contributed by atoms with van der Waals surface area (Å²) in [5.41, 5.74) is 0. The molecule has 1 aromatic heterocycles. The fourth-order valence-corrected chi connectivity index (χ4v) is 3.65. The third kappa shape index (κ3) is 3.36. The van der Waals surface area contributed by atoms with Crippen molar-refractivity contribution in [3.05, 3.63) is 21.8 Å². The first kappa shape index (κ1) is 13.6. The van der Waals surface area contributed by atoms with E-state index in [1.54, 1.807) is 0 Å². The molecule has 2 rings (SSSR count). The summed E-state index contributed by atoms with van der Waals surface area (Å²) in [6.07, 6.45) is 6.84. The number of rotatable bonds is 2. The zero-order valence-corrected chi connectivity index (χ0v) is 13.4. The molecule has 1 unspecified atom stereocenters. The molecule has 0 aliphatic carbocycles. The Hall–Kier alpha value is 0.200. The molecule has 1 aromatic rings. The summed E-state index contributed by atoms with van der Waals surface area (Å²) in [5.74, 6) is 0.918. The van der Waals surface area contributed by atoms with Crippen LogP contribution in [0.15, 0.2) is 16.7 Å². The van der Waals surface area contributed by atoms with Gasteiger partial charge in [-0.25, -0.2) is 4.98 Å². The fraction of sp³-hybridized carbons (Fsp3) is 0.583. The van der Waals surface area contributed by atoms with Crippen LogP contribution in [-0.4, -0.2) is 22.9 Å². The van der Waals surface area contributed by atoms with Gasteiger partial charge in [0.2, 0.25) is 0 Å². The lowest BCUT2D eigenvalue weighted by atomic mass is 10.1. The highest BCUT2D eigenvalue weighted by atomic mass is 79.9. The number of nitrogens with zero attached hydrogens (tertiary/aromatic N) is 2. The maximum Gasteiger partial charge on any atom is 0.147 e. The second kappa shape index (κ2) is 6.39. The van der Waals surface area contributed by atoms with Crippen LogP contribution in [0.5, 0.6) is 0 Å². The molecule has 0 spiro atoms. The first-order valence-electron chi connectivity index (χ1n) is 5.86. The van der Waals surface area contributed by atoms with Crippen molar-refractivity contribution >= 4 is 49.3 Å². The van der Waals surface area contributed by atoms with Crippen molar-refractivity contribution in [3.63, 3.8) is 0 Å². The predicted octanol–water partition coefficient (Wildman–Crippen LogP) is 4.64. The van der Waals surface area contributed by atoms with Crippen LogP contribution in [0.1, 0.15) is 25.7 Å². The molecule has 1 aliphatic rings. The van der Waals surface area contributed by atoms with Crippen molar-refractivity contribution in [2.75, 3.05) is 16.8 Å². The van der Waals surface area contributed by atoms with Gasteiger partial charge in [0, 0.05) is 28.6 Å².